The molecule has 0 N–H and O–H groups in total. The molecule has 274 valence electrons. The van der Waals surface area contributed by atoms with Crippen molar-refractivity contribution in [1.29, 1.82) is 0 Å². The average molecular weight is 720 g/mol. The fraction of sp³-hybridized carbons (Fsp3) is 0.280. The Morgan fingerprint density at radius 3 is 1.47 bits per heavy atom. The largest absolute Gasteiger partial charge is 0.284 e. The van der Waals surface area contributed by atoms with Crippen molar-refractivity contribution in [3.63, 3.8) is 0 Å². The minimum Gasteiger partial charge on any atom is -0.284 e. The van der Waals surface area contributed by atoms with Crippen LogP contribution in [0.25, 0.3) is 33.9 Å². The van der Waals surface area contributed by atoms with Gasteiger partial charge in [0, 0.05) is 23.5 Å². The molecule has 55 heavy (non-hydrogen) atoms. The van der Waals surface area contributed by atoms with Crippen molar-refractivity contribution in [2.45, 2.75) is 89.9 Å². The molecule has 8 bridgehead atoms. The number of nitrogens with zero attached hydrogens (tertiary/aromatic N) is 5. The van der Waals surface area contributed by atoms with Gasteiger partial charge in [-0.3, -0.25) is 9.13 Å². The van der Waals surface area contributed by atoms with Crippen molar-refractivity contribution in [2.75, 3.05) is 4.90 Å². The number of benzene rings is 5. The SMILES string of the molecule is Cc1cccc(C2CCCCC2)c1-n1cc2nc1N(c1ccccc1)c1nc(cn1-c1c(C)cccc1C1CCCC1)-c1cccc(c1)Cc1cccc-2c1. The molecule has 5 heteroatoms. The molecule has 3 aliphatic rings. The first-order valence-corrected chi connectivity index (χ1v) is 20.5. The normalized spacial score (nSPS) is 16.0. The van der Waals surface area contributed by atoms with Crippen LogP contribution in [0, 0.1) is 13.8 Å². The van der Waals surface area contributed by atoms with Crippen LogP contribution in [-0.2, 0) is 6.42 Å². The van der Waals surface area contributed by atoms with Crippen molar-refractivity contribution < 1.29 is 0 Å². The standard InChI is InChI=1S/C50H49N5/c1-34-15-11-27-43(38-19-5-3-6-20-38)47(34)53-32-45-40-23-13-17-36(30-40)29-37-18-14-24-41(31-37)46-33-54(48-35(2)16-12-28-44(48)39-21-9-10-22-39)50(52-46)55(49(53)51-45)42-25-7-4-8-26-42/h4,7-8,11-18,23-28,30-33,38-39H,3,5-6,9-10,19-22,29H2,1-2H3. The van der Waals surface area contributed by atoms with Crippen molar-refractivity contribution in [1.82, 2.24) is 19.1 Å². The summed E-state index contributed by atoms with van der Waals surface area (Å²) in [7, 11) is 0. The second-order valence-corrected chi connectivity index (χ2v) is 16.2. The molecular weight excluding hydrogens is 671 g/mol. The maximum absolute atomic E-state index is 5.69. The molecule has 7 aromatic rings. The van der Waals surface area contributed by atoms with Gasteiger partial charge < -0.3 is 0 Å². The van der Waals surface area contributed by atoms with E-state index in [0.717, 1.165) is 46.5 Å². The van der Waals surface area contributed by atoms with Gasteiger partial charge in [0.05, 0.1) is 28.5 Å². The molecule has 0 unspecified atom stereocenters. The van der Waals surface area contributed by atoms with Gasteiger partial charge in [0.1, 0.15) is 0 Å². The van der Waals surface area contributed by atoms with Gasteiger partial charge in [-0.25, -0.2) is 14.9 Å². The first kappa shape index (κ1) is 33.9. The first-order chi connectivity index (χ1) is 27.1. The highest BCUT2D eigenvalue weighted by Gasteiger charge is 2.31. The second-order valence-electron chi connectivity index (χ2n) is 16.2. The molecule has 10 rings (SSSR count). The number of para-hydroxylation sites is 3. The quantitative estimate of drug-likeness (QED) is 0.178. The first-order valence-electron chi connectivity index (χ1n) is 20.5. The second kappa shape index (κ2) is 14.2. The van der Waals surface area contributed by atoms with E-state index >= 15 is 0 Å². The van der Waals surface area contributed by atoms with Gasteiger partial charge in [0.25, 0.3) is 0 Å². The van der Waals surface area contributed by atoms with Gasteiger partial charge in [0.15, 0.2) is 0 Å². The molecule has 5 aromatic carbocycles. The smallest absolute Gasteiger partial charge is 0.222 e. The van der Waals surface area contributed by atoms with Crippen LogP contribution in [0.15, 0.2) is 128 Å². The van der Waals surface area contributed by atoms with E-state index in [-0.39, 0.29) is 0 Å². The highest BCUT2D eigenvalue weighted by Crippen LogP contribution is 2.45. The van der Waals surface area contributed by atoms with Crippen LogP contribution in [-0.4, -0.2) is 19.1 Å². The van der Waals surface area contributed by atoms with Crippen molar-refractivity contribution in [3.05, 3.63) is 161 Å². The predicted octanol–water partition coefficient (Wildman–Crippen LogP) is 13.1. The van der Waals surface area contributed by atoms with Crippen LogP contribution >= 0.6 is 0 Å². The fourth-order valence-electron chi connectivity index (χ4n) is 9.81. The summed E-state index contributed by atoms with van der Waals surface area (Å²) in [6, 6.07) is 42.5. The van der Waals surface area contributed by atoms with E-state index in [1.807, 2.05) is 0 Å². The molecule has 2 fully saturated rings. The Balaban J connectivity index is 1.31. The number of hydrogen-bond acceptors (Lipinski definition) is 3. The highest BCUT2D eigenvalue weighted by atomic mass is 15.4. The molecular formula is C50H49N5. The third kappa shape index (κ3) is 6.20. The highest BCUT2D eigenvalue weighted by molar-refractivity contribution is 5.78. The zero-order chi connectivity index (χ0) is 36.9. The molecule has 2 saturated carbocycles. The van der Waals surface area contributed by atoms with Gasteiger partial charge >= 0.3 is 0 Å². The number of aromatic nitrogens is 4. The van der Waals surface area contributed by atoms with Gasteiger partial charge in [0.2, 0.25) is 11.9 Å². The van der Waals surface area contributed by atoms with E-state index < -0.39 is 0 Å². The molecule has 0 amide bonds. The van der Waals surface area contributed by atoms with E-state index in [2.05, 4.69) is 156 Å². The molecule has 3 heterocycles. The van der Waals surface area contributed by atoms with Gasteiger partial charge in [-0.1, -0.05) is 123 Å². The summed E-state index contributed by atoms with van der Waals surface area (Å²) in [4.78, 5) is 13.7. The minimum atomic E-state index is 0.519. The molecule has 0 atom stereocenters. The van der Waals surface area contributed by atoms with Gasteiger partial charge in [-0.05, 0) is 115 Å². The lowest BCUT2D eigenvalue weighted by molar-refractivity contribution is 0.442. The number of fused-ring (bicyclic) bond motifs is 10. The lowest BCUT2D eigenvalue weighted by Gasteiger charge is -2.29. The number of imidazole rings is 2. The maximum Gasteiger partial charge on any atom is 0.222 e. The Morgan fingerprint density at radius 2 is 0.964 bits per heavy atom. The van der Waals surface area contributed by atoms with E-state index in [9.17, 15) is 0 Å². The summed E-state index contributed by atoms with van der Waals surface area (Å²) in [5.74, 6) is 2.74. The number of anilines is 3. The third-order valence-electron chi connectivity index (χ3n) is 12.5. The lowest BCUT2D eigenvalue weighted by atomic mass is 9.82. The molecule has 0 spiro atoms. The Morgan fingerprint density at radius 1 is 0.491 bits per heavy atom. The van der Waals surface area contributed by atoms with Crippen LogP contribution in [0.2, 0.25) is 0 Å². The van der Waals surface area contributed by atoms with Crippen LogP contribution in [0.5, 0.6) is 0 Å². The van der Waals surface area contributed by atoms with Crippen LogP contribution < -0.4 is 4.90 Å². The molecule has 0 radical (unpaired) electrons. The summed E-state index contributed by atoms with van der Waals surface area (Å²) in [6.07, 6.45) is 16.8. The predicted molar refractivity (Wildman–Crippen MR) is 226 cm³/mol. The molecule has 0 saturated heterocycles. The van der Waals surface area contributed by atoms with E-state index in [0.29, 0.717) is 11.8 Å². The van der Waals surface area contributed by atoms with Gasteiger partial charge in [-0.15, -0.1) is 0 Å². The molecule has 2 aliphatic carbocycles. The number of aryl methyl sites for hydroxylation is 2. The summed E-state index contributed by atoms with van der Waals surface area (Å²) in [6.45, 7) is 4.54. The van der Waals surface area contributed by atoms with E-state index in [1.165, 1.54) is 103 Å². The third-order valence-corrected chi connectivity index (χ3v) is 12.5. The molecule has 5 nitrogen and oxygen atoms in total. The van der Waals surface area contributed by atoms with Crippen molar-refractivity contribution in [3.8, 4) is 33.9 Å². The minimum absolute atomic E-state index is 0.519. The average Bonchev–Trinajstić information content (AvgIpc) is 4.01. The van der Waals surface area contributed by atoms with Crippen molar-refractivity contribution >= 4 is 17.6 Å². The van der Waals surface area contributed by atoms with Crippen LogP contribution in [0.3, 0.4) is 0 Å². The monoisotopic (exact) mass is 719 g/mol. The number of rotatable bonds is 5. The Kier molecular flexibility index (Phi) is 8.74. The summed E-state index contributed by atoms with van der Waals surface area (Å²) in [5, 5.41) is 0. The van der Waals surface area contributed by atoms with E-state index in [1.54, 1.807) is 0 Å². The summed E-state index contributed by atoms with van der Waals surface area (Å²) < 4.78 is 4.80. The number of hydrogen-bond donors (Lipinski definition) is 0. The zero-order valence-electron chi connectivity index (χ0n) is 32.1. The van der Waals surface area contributed by atoms with Gasteiger partial charge in [-0.2, -0.15) is 0 Å². The fourth-order valence-corrected chi connectivity index (χ4v) is 9.81. The van der Waals surface area contributed by atoms with E-state index in [4.69, 9.17) is 9.97 Å². The lowest BCUT2D eigenvalue weighted by Crippen LogP contribution is -2.21. The molecule has 1 aliphatic heterocycles. The van der Waals surface area contributed by atoms with Crippen LogP contribution in [0.4, 0.5) is 17.6 Å². The Hall–Kier alpha value is -5.68. The summed E-state index contributed by atoms with van der Waals surface area (Å²) in [5.41, 5.74) is 15.6. The topological polar surface area (TPSA) is 38.9 Å². The van der Waals surface area contributed by atoms with Crippen LogP contribution in [0.1, 0.15) is 103 Å². The Bertz CT molecular complexity index is 2490. The Labute approximate surface area is 325 Å². The molecule has 2 aromatic heterocycles. The van der Waals surface area contributed by atoms with Crippen molar-refractivity contribution in [2.24, 2.45) is 0 Å². The maximum atomic E-state index is 5.69. The zero-order valence-corrected chi connectivity index (χ0v) is 32.1. The summed E-state index contributed by atoms with van der Waals surface area (Å²) >= 11 is 0.